The molecule has 0 saturated heterocycles. The molecule has 0 unspecified atom stereocenters. The molecule has 0 fully saturated rings. The van der Waals surface area contributed by atoms with Crippen molar-refractivity contribution in [3.63, 3.8) is 0 Å². The monoisotopic (exact) mass is 325 g/mol. The van der Waals surface area contributed by atoms with E-state index in [1.807, 2.05) is 36.4 Å². The molecule has 0 saturated carbocycles. The average Bonchev–Trinajstić information content (AvgIpc) is 2.49. The molecule has 0 atom stereocenters. The van der Waals surface area contributed by atoms with Gasteiger partial charge in [-0.05, 0) is 17.7 Å². The highest BCUT2D eigenvalue weighted by molar-refractivity contribution is 6.18. The van der Waals surface area contributed by atoms with Crippen molar-refractivity contribution in [3.8, 4) is 5.75 Å². The zero-order chi connectivity index (χ0) is 14.0. The predicted molar refractivity (Wildman–Crippen MR) is 91.6 cm³/mol. The lowest BCUT2D eigenvalue weighted by atomic mass is 10.2. The first kappa shape index (κ1) is 17.8. The summed E-state index contributed by atoms with van der Waals surface area (Å²) in [5.41, 5.74) is 1.30. The van der Waals surface area contributed by atoms with Crippen molar-refractivity contribution in [2.75, 3.05) is 25.6 Å². The Hall–Kier alpha value is -1.22. The summed E-state index contributed by atoms with van der Waals surface area (Å²) in [6.07, 6.45) is 0. The molecule has 0 aromatic heterocycles. The molecule has 4 heteroatoms. The summed E-state index contributed by atoms with van der Waals surface area (Å²) in [6.45, 7) is 3.32. The number of ether oxygens (including phenoxy) is 1. The van der Waals surface area contributed by atoms with Gasteiger partial charge in [-0.3, -0.25) is 4.90 Å². The number of nitrogens with zero attached hydrogens (tertiary/aromatic N) is 1. The van der Waals surface area contributed by atoms with Crippen molar-refractivity contribution < 1.29 is 4.74 Å². The normalized spacial score (nSPS) is 10.2. The molecule has 0 aliphatic rings. The number of alkyl halides is 1. The van der Waals surface area contributed by atoms with Crippen LogP contribution < -0.4 is 4.74 Å². The van der Waals surface area contributed by atoms with Gasteiger partial charge in [0.2, 0.25) is 0 Å². The molecule has 0 spiro atoms. The van der Waals surface area contributed by atoms with Crippen LogP contribution >= 0.6 is 24.0 Å². The third-order valence-corrected chi connectivity index (χ3v) is 3.24. The smallest absolute Gasteiger partial charge is 0.119 e. The SMILES string of the molecule is Cl.ClCCN(CCOc1ccccc1)Cc1ccccc1. The van der Waals surface area contributed by atoms with Gasteiger partial charge >= 0.3 is 0 Å². The maximum absolute atomic E-state index is 5.88. The minimum atomic E-state index is 0. The second-order valence-corrected chi connectivity index (χ2v) is 4.99. The first-order valence-electron chi connectivity index (χ1n) is 6.88. The van der Waals surface area contributed by atoms with Gasteiger partial charge in [0.15, 0.2) is 0 Å². The molecule has 0 radical (unpaired) electrons. The quantitative estimate of drug-likeness (QED) is 0.673. The highest BCUT2D eigenvalue weighted by atomic mass is 35.5. The van der Waals surface area contributed by atoms with Crippen LogP contribution in [0.25, 0.3) is 0 Å². The van der Waals surface area contributed by atoms with E-state index in [0.29, 0.717) is 12.5 Å². The molecule has 0 bridgehead atoms. The Morgan fingerprint density at radius 3 is 2.10 bits per heavy atom. The average molecular weight is 326 g/mol. The minimum Gasteiger partial charge on any atom is -0.492 e. The maximum Gasteiger partial charge on any atom is 0.119 e. The molecule has 114 valence electrons. The minimum absolute atomic E-state index is 0. The van der Waals surface area contributed by atoms with Crippen molar-refractivity contribution >= 4 is 24.0 Å². The summed E-state index contributed by atoms with van der Waals surface area (Å²) >= 11 is 5.88. The van der Waals surface area contributed by atoms with Gasteiger partial charge < -0.3 is 4.74 Å². The summed E-state index contributed by atoms with van der Waals surface area (Å²) in [6, 6.07) is 20.3. The fraction of sp³-hybridized carbons (Fsp3) is 0.294. The van der Waals surface area contributed by atoms with Crippen LogP contribution in [0.1, 0.15) is 5.56 Å². The Labute approximate surface area is 138 Å². The lowest BCUT2D eigenvalue weighted by molar-refractivity contribution is 0.211. The summed E-state index contributed by atoms with van der Waals surface area (Å²) in [5, 5.41) is 0. The van der Waals surface area contributed by atoms with E-state index in [4.69, 9.17) is 16.3 Å². The van der Waals surface area contributed by atoms with Crippen molar-refractivity contribution in [2.24, 2.45) is 0 Å². The summed E-state index contributed by atoms with van der Waals surface area (Å²) in [7, 11) is 0. The summed E-state index contributed by atoms with van der Waals surface area (Å²) < 4.78 is 5.74. The van der Waals surface area contributed by atoms with E-state index in [2.05, 4.69) is 29.2 Å². The molecule has 2 nitrogen and oxygen atoms in total. The van der Waals surface area contributed by atoms with Crippen molar-refractivity contribution in [2.45, 2.75) is 6.54 Å². The van der Waals surface area contributed by atoms with E-state index < -0.39 is 0 Å². The second-order valence-electron chi connectivity index (χ2n) is 4.61. The Morgan fingerprint density at radius 1 is 0.857 bits per heavy atom. The summed E-state index contributed by atoms with van der Waals surface area (Å²) in [4.78, 5) is 2.31. The topological polar surface area (TPSA) is 12.5 Å². The zero-order valence-electron chi connectivity index (χ0n) is 12.0. The van der Waals surface area contributed by atoms with E-state index in [1.54, 1.807) is 0 Å². The molecular formula is C17H21Cl2NO. The van der Waals surface area contributed by atoms with E-state index >= 15 is 0 Å². The van der Waals surface area contributed by atoms with Gasteiger partial charge in [-0.15, -0.1) is 24.0 Å². The number of benzene rings is 2. The fourth-order valence-electron chi connectivity index (χ4n) is 2.04. The highest BCUT2D eigenvalue weighted by Crippen LogP contribution is 2.09. The lowest BCUT2D eigenvalue weighted by Crippen LogP contribution is -2.29. The first-order chi connectivity index (χ1) is 9.88. The van der Waals surface area contributed by atoms with Gasteiger partial charge in [0, 0.05) is 25.5 Å². The standard InChI is InChI=1S/C17H20ClNO.ClH/c18-11-12-19(15-16-7-3-1-4-8-16)13-14-20-17-9-5-2-6-10-17;/h1-10H,11-15H2;1H. The third-order valence-electron chi connectivity index (χ3n) is 3.07. The van der Waals surface area contributed by atoms with Crippen LogP contribution in [0.2, 0.25) is 0 Å². The Balaban J connectivity index is 0.00000220. The van der Waals surface area contributed by atoms with Crippen molar-refractivity contribution in [1.82, 2.24) is 4.90 Å². The van der Waals surface area contributed by atoms with E-state index in [0.717, 1.165) is 25.4 Å². The van der Waals surface area contributed by atoms with E-state index in [9.17, 15) is 0 Å². The van der Waals surface area contributed by atoms with E-state index in [1.165, 1.54) is 5.56 Å². The number of hydrogen-bond acceptors (Lipinski definition) is 2. The van der Waals surface area contributed by atoms with Gasteiger partial charge in [0.25, 0.3) is 0 Å². The Kier molecular flexibility index (Phi) is 8.91. The van der Waals surface area contributed by atoms with Gasteiger partial charge in [-0.2, -0.15) is 0 Å². The zero-order valence-corrected chi connectivity index (χ0v) is 13.5. The first-order valence-corrected chi connectivity index (χ1v) is 7.42. The van der Waals surface area contributed by atoms with Crippen LogP contribution in [0.5, 0.6) is 5.75 Å². The molecule has 0 heterocycles. The van der Waals surface area contributed by atoms with E-state index in [-0.39, 0.29) is 12.4 Å². The van der Waals surface area contributed by atoms with Crippen molar-refractivity contribution in [1.29, 1.82) is 0 Å². The van der Waals surface area contributed by atoms with Crippen LogP contribution in [0, 0.1) is 0 Å². The molecule has 0 amide bonds. The number of halogens is 2. The highest BCUT2D eigenvalue weighted by Gasteiger charge is 2.05. The van der Waals surface area contributed by atoms with Crippen molar-refractivity contribution in [3.05, 3.63) is 66.2 Å². The Morgan fingerprint density at radius 2 is 1.48 bits per heavy atom. The lowest BCUT2D eigenvalue weighted by Gasteiger charge is -2.21. The van der Waals surface area contributed by atoms with Gasteiger partial charge in [-0.25, -0.2) is 0 Å². The molecule has 2 rings (SSSR count). The van der Waals surface area contributed by atoms with Gasteiger partial charge in [-0.1, -0.05) is 48.5 Å². The number of rotatable bonds is 8. The van der Waals surface area contributed by atoms with Crippen LogP contribution in [0.15, 0.2) is 60.7 Å². The molecule has 0 aliphatic carbocycles. The van der Waals surface area contributed by atoms with Crippen LogP contribution in [-0.4, -0.2) is 30.5 Å². The predicted octanol–water partition coefficient (Wildman–Crippen LogP) is 4.23. The molecule has 0 N–H and O–H groups in total. The van der Waals surface area contributed by atoms with Crippen LogP contribution in [-0.2, 0) is 6.54 Å². The third kappa shape index (κ3) is 6.85. The molecule has 2 aromatic rings. The number of hydrogen-bond donors (Lipinski definition) is 0. The maximum atomic E-state index is 5.88. The molecule has 2 aromatic carbocycles. The largest absolute Gasteiger partial charge is 0.492 e. The fourth-order valence-corrected chi connectivity index (χ4v) is 2.28. The number of para-hydroxylation sites is 1. The Bertz CT molecular complexity index is 479. The summed E-state index contributed by atoms with van der Waals surface area (Å²) in [5.74, 6) is 1.55. The second kappa shape index (κ2) is 10.5. The van der Waals surface area contributed by atoms with Crippen LogP contribution in [0.4, 0.5) is 0 Å². The van der Waals surface area contributed by atoms with Gasteiger partial charge in [0.1, 0.15) is 12.4 Å². The molecule has 0 aliphatic heterocycles. The molecular weight excluding hydrogens is 305 g/mol. The molecule has 21 heavy (non-hydrogen) atoms. The van der Waals surface area contributed by atoms with Gasteiger partial charge in [0.05, 0.1) is 0 Å². The van der Waals surface area contributed by atoms with Crippen LogP contribution in [0.3, 0.4) is 0 Å².